The summed E-state index contributed by atoms with van der Waals surface area (Å²) in [5.74, 6) is 1.95. The molecule has 2 heterocycles. The van der Waals surface area contributed by atoms with Gasteiger partial charge < -0.3 is 19.7 Å². The first-order chi connectivity index (χ1) is 14.1. The molecule has 29 heavy (non-hydrogen) atoms. The molecular weight excluding hydrogens is 434 g/mol. The van der Waals surface area contributed by atoms with Crippen molar-refractivity contribution >= 4 is 27.7 Å². The largest absolute Gasteiger partial charge is 0.493 e. The molecule has 7 heteroatoms. The fourth-order valence-corrected chi connectivity index (χ4v) is 3.99. The molecule has 0 radical (unpaired) electrons. The molecule has 1 fully saturated rings. The molecule has 3 rings (SSSR count). The van der Waals surface area contributed by atoms with Crippen LogP contribution < -0.4 is 19.7 Å². The standard InChI is InChI=1S/C22H28BrN3O3/c1-3-12-29-20-18(23)13-17(14-19(20)28-2)22(27)25-15-16-8-7-9-24-21(16)26-10-5-4-6-11-26/h7-9,13-14H,3-6,10-12,15H2,1-2H3,(H,25,27). The molecule has 1 aromatic heterocycles. The van der Waals surface area contributed by atoms with E-state index in [2.05, 4.69) is 31.1 Å². The first-order valence-electron chi connectivity index (χ1n) is 10.1. The van der Waals surface area contributed by atoms with E-state index in [0.717, 1.165) is 30.9 Å². The summed E-state index contributed by atoms with van der Waals surface area (Å²) >= 11 is 3.50. The monoisotopic (exact) mass is 461 g/mol. The Morgan fingerprint density at radius 2 is 2.07 bits per heavy atom. The fraction of sp³-hybridized carbons (Fsp3) is 0.455. The van der Waals surface area contributed by atoms with Crippen LogP contribution in [-0.2, 0) is 6.54 Å². The van der Waals surface area contributed by atoms with Crippen LogP contribution in [0.4, 0.5) is 5.82 Å². The number of amides is 1. The van der Waals surface area contributed by atoms with Crippen molar-refractivity contribution in [2.45, 2.75) is 39.2 Å². The van der Waals surface area contributed by atoms with E-state index in [1.165, 1.54) is 19.3 Å². The Bertz CT molecular complexity index is 838. The molecule has 2 aromatic rings. The second-order valence-corrected chi connectivity index (χ2v) is 7.91. The van der Waals surface area contributed by atoms with E-state index in [1.54, 1.807) is 19.2 Å². The number of hydrogen-bond acceptors (Lipinski definition) is 5. The highest BCUT2D eigenvalue weighted by Crippen LogP contribution is 2.36. The molecule has 6 nitrogen and oxygen atoms in total. The summed E-state index contributed by atoms with van der Waals surface area (Å²) < 4.78 is 11.9. The third-order valence-corrected chi connectivity index (χ3v) is 5.49. The molecule has 1 saturated heterocycles. The summed E-state index contributed by atoms with van der Waals surface area (Å²) in [5, 5.41) is 3.01. The van der Waals surface area contributed by atoms with Gasteiger partial charge in [-0.05, 0) is 59.8 Å². The van der Waals surface area contributed by atoms with Gasteiger partial charge in [-0.15, -0.1) is 0 Å². The lowest BCUT2D eigenvalue weighted by atomic mass is 10.1. The lowest BCUT2D eigenvalue weighted by Gasteiger charge is -2.29. The molecule has 1 amide bonds. The minimum Gasteiger partial charge on any atom is -0.493 e. The first-order valence-corrected chi connectivity index (χ1v) is 10.9. The fourth-order valence-electron chi connectivity index (χ4n) is 3.43. The summed E-state index contributed by atoms with van der Waals surface area (Å²) in [5.41, 5.74) is 1.54. The number of nitrogens with one attached hydrogen (secondary N) is 1. The average molecular weight is 462 g/mol. The Labute approximate surface area is 180 Å². The molecular formula is C22H28BrN3O3. The predicted octanol–water partition coefficient (Wildman–Crippen LogP) is 4.56. The van der Waals surface area contributed by atoms with Gasteiger partial charge in [0.05, 0.1) is 18.2 Å². The highest BCUT2D eigenvalue weighted by Gasteiger charge is 2.18. The van der Waals surface area contributed by atoms with Crippen LogP contribution in [0.15, 0.2) is 34.9 Å². The maximum absolute atomic E-state index is 12.8. The van der Waals surface area contributed by atoms with Crippen molar-refractivity contribution in [2.75, 3.05) is 31.7 Å². The number of benzene rings is 1. The van der Waals surface area contributed by atoms with E-state index >= 15 is 0 Å². The number of rotatable bonds is 8. The van der Waals surface area contributed by atoms with Crippen molar-refractivity contribution in [3.8, 4) is 11.5 Å². The van der Waals surface area contributed by atoms with E-state index in [4.69, 9.17) is 9.47 Å². The van der Waals surface area contributed by atoms with Gasteiger partial charge in [0, 0.05) is 37.0 Å². The van der Waals surface area contributed by atoms with Gasteiger partial charge in [-0.3, -0.25) is 4.79 Å². The maximum atomic E-state index is 12.8. The predicted molar refractivity (Wildman–Crippen MR) is 118 cm³/mol. The number of nitrogens with zero attached hydrogens (tertiary/aromatic N) is 2. The van der Waals surface area contributed by atoms with Gasteiger partial charge in [0.2, 0.25) is 0 Å². The van der Waals surface area contributed by atoms with Gasteiger partial charge in [0.25, 0.3) is 5.91 Å². The van der Waals surface area contributed by atoms with Crippen LogP contribution in [0.5, 0.6) is 11.5 Å². The van der Waals surface area contributed by atoms with Crippen LogP contribution in [0.25, 0.3) is 0 Å². The zero-order valence-electron chi connectivity index (χ0n) is 17.0. The number of piperidine rings is 1. The summed E-state index contributed by atoms with van der Waals surface area (Å²) in [6.07, 6.45) is 6.34. The van der Waals surface area contributed by atoms with Gasteiger partial charge in [-0.2, -0.15) is 0 Å². The molecule has 0 aliphatic carbocycles. The Balaban J connectivity index is 1.72. The SMILES string of the molecule is CCCOc1c(Br)cc(C(=O)NCc2cccnc2N2CCCCC2)cc1OC. The number of anilines is 1. The third kappa shape index (κ3) is 5.41. The smallest absolute Gasteiger partial charge is 0.251 e. The molecule has 1 N–H and O–H groups in total. The quantitative estimate of drug-likeness (QED) is 0.623. The zero-order valence-corrected chi connectivity index (χ0v) is 18.6. The van der Waals surface area contributed by atoms with Crippen molar-refractivity contribution in [1.82, 2.24) is 10.3 Å². The number of methoxy groups -OCH3 is 1. The van der Waals surface area contributed by atoms with Gasteiger partial charge in [0.1, 0.15) is 5.82 Å². The number of carbonyl (C=O) groups excluding carboxylic acids is 1. The van der Waals surface area contributed by atoms with Crippen molar-refractivity contribution in [1.29, 1.82) is 0 Å². The van der Waals surface area contributed by atoms with Crippen molar-refractivity contribution < 1.29 is 14.3 Å². The minimum absolute atomic E-state index is 0.167. The van der Waals surface area contributed by atoms with Crippen LogP contribution in [0.1, 0.15) is 48.5 Å². The van der Waals surface area contributed by atoms with Crippen LogP contribution in [-0.4, -0.2) is 37.7 Å². The van der Waals surface area contributed by atoms with E-state index in [1.807, 2.05) is 25.3 Å². The number of pyridine rings is 1. The minimum atomic E-state index is -0.167. The van der Waals surface area contributed by atoms with E-state index < -0.39 is 0 Å². The average Bonchev–Trinajstić information content (AvgIpc) is 2.77. The zero-order chi connectivity index (χ0) is 20.6. The van der Waals surface area contributed by atoms with Crippen LogP contribution >= 0.6 is 15.9 Å². The molecule has 1 aliphatic heterocycles. The molecule has 0 saturated carbocycles. The normalized spacial score (nSPS) is 13.8. The van der Waals surface area contributed by atoms with Crippen molar-refractivity contribution in [3.63, 3.8) is 0 Å². The summed E-state index contributed by atoms with van der Waals surface area (Å²) in [6, 6.07) is 7.40. The third-order valence-electron chi connectivity index (χ3n) is 4.90. The molecule has 0 spiro atoms. The lowest BCUT2D eigenvalue weighted by molar-refractivity contribution is 0.0950. The number of carbonyl (C=O) groups is 1. The summed E-state index contributed by atoms with van der Waals surface area (Å²) in [7, 11) is 1.57. The highest BCUT2D eigenvalue weighted by molar-refractivity contribution is 9.10. The molecule has 0 unspecified atom stereocenters. The van der Waals surface area contributed by atoms with E-state index in [-0.39, 0.29) is 5.91 Å². The Morgan fingerprint density at radius 3 is 2.79 bits per heavy atom. The van der Waals surface area contributed by atoms with E-state index in [9.17, 15) is 4.79 Å². The Morgan fingerprint density at radius 1 is 1.28 bits per heavy atom. The lowest BCUT2D eigenvalue weighted by Crippen LogP contribution is -2.32. The Kier molecular flexibility index (Phi) is 7.75. The molecule has 1 aliphatic rings. The topological polar surface area (TPSA) is 63.7 Å². The number of aromatic nitrogens is 1. The number of ether oxygens (including phenoxy) is 2. The van der Waals surface area contributed by atoms with Crippen molar-refractivity contribution in [3.05, 3.63) is 46.1 Å². The molecule has 0 bridgehead atoms. The van der Waals surface area contributed by atoms with Crippen LogP contribution in [0.2, 0.25) is 0 Å². The highest BCUT2D eigenvalue weighted by atomic mass is 79.9. The van der Waals surface area contributed by atoms with Gasteiger partial charge >= 0.3 is 0 Å². The van der Waals surface area contributed by atoms with Crippen molar-refractivity contribution in [2.24, 2.45) is 0 Å². The van der Waals surface area contributed by atoms with Gasteiger partial charge in [-0.1, -0.05) is 13.0 Å². The van der Waals surface area contributed by atoms with Gasteiger partial charge in [-0.25, -0.2) is 4.98 Å². The second kappa shape index (κ2) is 10.5. The van der Waals surface area contributed by atoms with Gasteiger partial charge in [0.15, 0.2) is 11.5 Å². The van der Waals surface area contributed by atoms with E-state index in [0.29, 0.717) is 34.7 Å². The summed E-state index contributed by atoms with van der Waals surface area (Å²) in [6.45, 7) is 5.08. The van der Waals surface area contributed by atoms with Crippen LogP contribution in [0.3, 0.4) is 0 Å². The Hall–Kier alpha value is -2.28. The maximum Gasteiger partial charge on any atom is 0.251 e. The summed E-state index contributed by atoms with van der Waals surface area (Å²) in [4.78, 5) is 19.7. The van der Waals surface area contributed by atoms with Crippen LogP contribution in [0, 0.1) is 0 Å². The molecule has 0 atom stereocenters. The molecule has 156 valence electrons. The first kappa shape index (κ1) is 21.4. The number of hydrogen-bond donors (Lipinski definition) is 1. The second-order valence-electron chi connectivity index (χ2n) is 7.05. The number of halogens is 1. The molecule has 1 aromatic carbocycles.